The number of hydrogen-bond acceptors (Lipinski definition) is 16. The highest BCUT2D eigenvalue weighted by Crippen LogP contribution is 1.95. The van der Waals surface area contributed by atoms with Crippen LogP contribution in [-0.4, -0.2) is 136 Å². The number of Topliss-reactive ketones (excluding diaryl/α,β-unsaturated/α-hetero) is 2. The first-order valence-corrected chi connectivity index (χ1v) is 15.1. The van der Waals surface area contributed by atoms with E-state index in [0.29, 0.717) is 72.2 Å². The molecule has 7 N–H and O–H groups in total. The molecule has 270 valence electrons. The van der Waals surface area contributed by atoms with Crippen LogP contribution < -0.4 is 22.5 Å². The number of ether oxygens (including phenoxy) is 7. The highest BCUT2D eigenvalue weighted by molar-refractivity contribution is 6.36. The maximum Gasteiger partial charge on any atom is 0.374 e. The van der Waals surface area contributed by atoms with Crippen LogP contribution in [0.5, 0.6) is 0 Å². The topological polar surface area (TPSA) is 257 Å². The third-order valence-corrected chi connectivity index (χ3v) is 5.21. The van der Waals surface area contributed by atoms with E-state index in [-0.39, 0.29) is 25.7 Å². The standard InChI is InChI=1S/C14H26N2O6.C8H20N2O2.C7H10O5/c1-20-13(18)5-4-12(17)14(19)16-7-3-9-22-11-10-21-8-2-6-15;9-3-1-5-11-7-8-12-6-2-4-10;1-11-6(9)4-3-5(8)7(10)12-2/h2-11,15H2,1H3,(H,16,19);1-10H2;3-4H2,1-2H3. The van der Waals surface area contributed by atoms with E-state index in [2.05, 4.69) is 19.5 Å². The summed E-state index contributed by atoms with van der Waals surface area (Å²) >= 11 is 0. The molecule has 0 rings (SSSR count). The van der Waals surface area contributed by atoms with Gasteiger partial charge in [0.05, 0.1) is 60.6 Å². The fourth-order valence-electron chi connectivity index (χ4n) is 2.64. The molecule has 0 heterocycles. The van der Waals surface area contributed by atoms with E-state index >= 15 is 0 Å². The van der Waals surface area contributed by atoms with Gasteiger partial charge in [-0.1, -0.05) is 0 Å². The van der Waals surface area contributed by atoms with Crippen LogP contribution in [-0.2, 0) is 61.9 Å². The van der Waals surface area contributed by atoms with E-state index < -0.39 is 35.4 Å². The zero-order valence-electron chi connectivity index (χ0n) is 27.7. The number of carbonyl (C=O) groups excluding carboxylic acids is 6. The minimum atomic E-state index is -0.932. The molecule has 0 atom stereocenters. The van der Waals surface area contributed by atoms with Crippen LogP contribution in [0.25, 0.3) is 0 Å². The molecule has 0 aromatic heterocycles. The Kier molecular flexibility index (Phi) is 39.2. The van der Waals surface area contributed by atoms with Crippen LogP contribution >= 0.6 is 0 Å². The lowest BCUT2D eigenvalue weighted by molar-refractivity contribution is -0.152. The molecule has 0 fully saturated rings. The van der Waals surface area contributed by atoms with Gasteiger partial charge in [-0.05, 0) is 45.3 Å². The van der Waals surface area contributed by atoms with Gasteiger partial charge in [-0.25, -0.2) is 4.79 Å². The molecule has 0 aromatic rings. The normalized spacial score (nSPS) is 9.96. The number of esters is 3. The van der Waals surface area contributed by atoms with Gasteiger partial charge in [0.15, 0.2) is 0 Å². The van der Waals surface area contributed by atoms with Gasteiger partial charge in [0, 0.05) is 45.8 Å². The van der Waals surface area contributed by atoms with Crippen LogP contribution in [0.3, 0.4) is 0 Å². The second kappa shape index (κ2) is 38.1. The monoisotopic (exact) mass is 668 g/mol. The third-order valence-electron chi connectivity index (χ3n) is 5.21. The SMILES string of the molecule is COC(=O)CCC(=O)C(=O)NCCCOCCOCCCN.COC(=O)CCC(=O)C(=O)OC.NCCCOCCOCCCN. The van der Waals surface area contributed by atoms with E-state index in [1.54, 1.807) is 0 Å². The number of nitrogens with two attached hydrogens (primary N) is 3. The van der Waals surface area contributed by atoms with Crippen molar-refractivity contribution < 1.29 is 61.9 Å². The fraction of sp³-hybridized carbons (Fsp3) is 0.793. The molecular formula is C29H56N4O13. The number of rotatable bonds is 27. The van der Waals surface area contributed by atoms with E-state index in [1.807, 2.05) is 0 Å². The first kappa shape index (κ1) is 47.3. The maximum absolute atomic E-state index is 11.4. The maximum atomic E-state index is 11.4. The molecule has 0 aliphatic heterocycles. The Morgan fingerprint density at radius 1 is 0.478 bits per heavy atom. The summed E-state index contributed by atoms with van der Waals surface area (Å²) in [6, 6.07) is 0. The van der Waals surface area contributed by atoms with Gasteiger partial charge in [0.2, 0.25) is 11.6 Å². The third kappa shape index (κ3) is 37.1. The quantitative estimate of drug-likeness (QED) is 0.0347. The number of methoxy groups -OCH3 is 3. The lowest BCUT2D eigenvalue weighted by atomic mass is 10.2. The van der Waals surface area contributed by atoms with Crippen LogP contribution in [0.1, 0.15) is 51.4 Å². The minimum Gasteiger partial charge on any atom is -0.469 e. The summed E-state index contributed by atoms with van der Waals surface area (Å²) in [5.74, 6) is -3.99. The fourth-order valence-corrected chi connectivity index (χ4v) is 2.64. The molecule has 0 aromatic carbocycles. The van der Waals surface area contributed by atoms with E-state index in [9.17, 15) is 28.8 Å². The van der Waals surface area contributed by atoms with Gasteiger partial charge in [0.1, 0.15) is 0 Å². The van der Waals surface area contributed by atoms with Crippen molar-refractivity contribution in [3.63, 3.8) is 0 Å². The van der Waals surface area contributed by atoms with Crippen molar-refractivity contribution in [3.05, 3.63) is 0 Å². The molecule has 17 nitrogen and oxygen atoms in total. The Bertz CT molecular complexity index is 791. The molecule has 0 radical (unpaired) electrons. The highest BCUT2D eigenvalue weighted by Gasteiger charge is 2.16. The molecule has 17 heteroatoms. The van der Waals surface area contributed by atoms with Crippen LogP contribution in [0.15, 0.2) is 0 Å². The molecule has 0 aliphatic rings. The summed E-state index contributed by atoms with van der Waals surface area (Å²) < 4.78 is 33.8. The second-order valence-electron chi connectivity index (χ2n) is 8.98. The molecule has 46 heavy (non-hydrogen) atoms. The lowest BCUT2D eigenvalue weighted by Crippen LogP contribution is -2.32. The molecule has 0 unspecified atom stereocenters. The summed E-state index contributed by atoms with van der Waals surface area (Å²) in [5, 5.41) is 2.48. The van der Waals surface area contributed by atoms with Crippen LogP contribution in [0.2, 0.25) is 0 Å². The molecule has 0 spiro atoms. The molecule has 0 saturated carbocycles. The van der Waals surface area contributed by atoms with Crippen molar-refractivity contribution in [2.75, 3.05) is 100 Å². The number of ketones is 2. The summed E-state index contributed by atoms with van der Waals surface area (Å²) in [5.41, 5.74) is 15.9. The lowest BCUT2D eigenvalue weighted by Gasteiger charge is -2.06. The average molecular weight is 669 g/mol. The van der Waals surface area contributed by atoms with Crippen molar-refractivity contribution in [1.29, 1.82) is 0 Å². The summed E-state index contributed by atoms with van der Waals surface area (Å²) in [6.45, 7) is 7.20. The summed E-state index contributed by atoms with van der Waals surface area (Å²) in [7, 11) is 3.56. The van der Waals surface area contributed by atoms with Gasteiger partial charge >= 0.3 is 17.9 Å². The summed E-state index contributed by atoms with van der Waals surface area (Å²) in [6.07, 6.45) is 2.77. The van der Waals surface area contributed by atoms with Gasteiger partial charge < -0.3 is 55.7 Å². The molecule has 0 bridgehead atoms. The molecule has 0 aliphatic carbocycles. The van der Waals surface area contributed by atoms with Gasteiger partial charge in [0.25, 0.3) is 5.91 Å². The van der Waals surface area contributed by atoms with E-state index in [0.717, 1.165) is 39.6 Å². The molecule has 0 saturated heterocycles. The van der Waals surface area contributed by atoms with Crippen molar-refractivity contribution in [3.8, 4) is 0 Å². The van der Waals surface area contributed by atoms with Crippen LogP contribution in [0.4, 0.5) is 0 Å². The van der Waals surface area contributed by atoms with Gasteiger partial charge in [-0.2, -0.15) is 0 Å². The Balaban J connectivity index is -0.000000654. The van der Waals surface area contributed by atoms with Gasteiger partial charge in [-0.15, -0.1) is 0 Å². The van der Waals surface area contributed by atoms with Crippen molar-refractivity contribution in [1.82, 2.24) is 5.32 Å². The first-order chi connectivity index (χ1) is 22.1. The summed E-state index contributed by atoms with van der Waals surface area (Å²) in [4.78, 5) is 65.3. The van der Waals surface area contributed by atoms with Crippen molar-refractivity contribution >= 4 is 35.4 Å². The van der Waals surface area contributed by atoms with Crippen molar-refractivity contribution in [2.45, 2.75) is 51.4 Å². The zero-order valence-corrected chi connectivity index (χ0v) is 27.7. The predicted octanol–water partition coefficient (Wildman–Crippen LogP) is -1.20. The number of amides is 1. The minimum absolute atomic E-state index is 0.0873. The van der Waals surface area contributed by atoms with E-state index in [1.165, 1.54) is 14.2 Å². The Morgan fingerprint density at radius 3 is 1.20 bits per heavy atom. The molecule has 1 amide bonds. The van der Waals surface area contributed by atoms with Gasteiger partial charge in [-0.3, -0.25) is 24.0 Å². The number of carbonyl (C=O) groups is 6. The Labute approximate surface area is 271 Å². The smallest absolute Gasteiger partial charge is 0.374 e. The number of nitrogens with one attached hydrogen (secondary N) is 1. The predicted molar refractivity (Wildman–Crippen MR) is 166 cm³/mol. The first-order valence-electron chi connectivity index (χ1n) is 15.1. The highest BCUT2D eigenvalue weighted by atomic mass is 16.5. The van der Waals surface area contributed by atoms with Crippen molar-refractivity contribution in [2.24, 2.45) is 17.2 Å². The Morgan fingerprint density at radius 2 is 0.848 bits per heavy atom. The number of hydrogen-bond donors (Lipinski definition) is 4. The largest absolute Gasteiger partial charge is 0.469 e. The molecular weight excluding hydrogens is 612 g/mol. The zero-order chi connectivity index (χ0) is 35.3. The Hall–Kier alpha value is -3.06. The van der Waals surface area contributed by atoms with E-state index in [4.69, 9.17) is 36.1 Å². The second-order valence-corrected chi connectivity index (χ2v) is 8.98. The average Bonchev–Trinajstić information content (AvgIpc) is 3.07. The van der Waals surface area contributed by atoms with Crippen LogP contribution in [0, 0.1) is 0 Å².